The molecule has 3 rings (SSSR count). The molecule has 0 atom stereocenters. The van der Waals surface area contributed by atoms with Gasteiger partial charge in [0.2, 0.25) is 0 Å². The second kappa shape index (κ2) is 6.36. The minimum atomic E-state index is 0.329. The van der Waals surface area contributed by atoms with Crippen LogP contribution in [-0.4, -0.2) is 32.8 Å². The predicted molar refractivity (Wildman–Crippen MR) is 87.6 cm³/mol. The van der Waals surface area contributed by atoms with Gasteiger partial charge in [0, 0.05) is 30.6 Å². The molecule has 118 valence electrons. The summed E-state index contributed by atoms with van der Waals surface area (Å²) in [6, 6.07) is 8.28. The van der Waals surface area contributed by atoms with Crippen LogP contribution in [0.5, 0.6) is 0 Å². The molecule has 0 bridgehead atoms. The van der Waals surface area contributed by atoms with E-state index in [4.69, 9.17) is 17.3 Å². The Labute approximate surface area is 136 Å². The number of nitrogens with zero attached hydrogens (tertiary/aromatic N) is 4. The summed E-state index contributed by atoms with van der Waals surface area (Å²) >= 11 is 6.03. The third kappa shape index (κ3) is 3.32. The Hall–Kier alpha value is -1.43. The quantitative estimate of drug-likeness (QED) is 0.918. The zero-order valence-electron chi connectivity index (χ0n) is 13.0. The highest BCUT2D eigenvalue weighted by Crippen LogP contribution is 2.34. The van der Waals surface area contributed by atoms with E-state index in [9.17, 15) is 0 Å². The summed E-state index contributed by atoms with van der Waals surface area (Å²) < 4.78 is 2.12. The number of aromatic nitrogens is 3. The van der Waals surface area contributed by atoms with Crippen molar-refractivity contribution in [3.05, 3.63) is 46.5 Å². The highest BCUT2D eigenvalue weighted by atomic mass is 35.5. The van der Waals surface area contributed by atoms with Gasteiger partial charge in [-0.05, 0) is 37.6 Å². The van der Waals surface area contributed by atoms with E-state index in [2.05, 4.69) is 32.8 Å². The Balaban J connectivity index is 1.63. The Bertz CT molecular complexity index is 648. The first kappa shape index (κ1) is 15.5. The van der Waals surface area contributed by atoms with E-state index in [1.165, 1.54) is 5.56 Å². The highest BCUT2D eigenvalue weighted by molar-refractivity contribution is 6.30. The molecule has 5 nitrogen and oxygen atoms in total. The molecule has 22 heavy (non-hydrogen) atoms. The van der Waals surface area contributed by atoms with Crippen molar-refractivity contribution in [1.29, 1.82) is 0 Å². The first-order chi connectivity index (χ1) is 10.5. The van der Waals surface area contributed by atoms with Crippen molar-refractivity contribution in [1.82, 2.24) is 19.7 Å². The molecule has 1 aromatic carbocycles. The predicted octanol–water partition coefficient (Wildman–Crippen LogP) is 2.31. The van der Waals surface area contributed by atoms with Crippen LogP contribution in [0.15, 0.2) is 24.3 Å². The molecule has 1 aromatic heterocycles. The normalized spacial score (nSPS) is 21.1. The minimum absolute atomic E-state index is 0.329. The van der Waals surface area contributed by atoms with Gasteiger partial charge >= 0.3 is 0 Å². The van der Waals surface area contributed by atoms with Gasteiger partial charge in [0.1, 0.15) is 11.6 Å². The molecule has 0 aliphatic heterocycles. The Kier molecular flexibility index (Phi) is 4.47. The second-order valence-corrected chi connectivity index (χ2v) is 6.70. The topological polar surface area (TPSA) is 60.0 Å². The second-order valence-electron chi connectivity index (χ2n) is 6.26. The van der Waals surface area contributed by atoms with Gasteiger partial charge in [-0.2, -0.15) is 0 Å². The van der Waals surface area contributed by atoms with Crippen molar-refractivity contribution in [3.8, 4) is 0 Å². The number of hydrogen-bond donors (Lipinski definition) is 1. The lowest BCUT2D eigenvalue weighted by Crippen LogP contribution is -2.36. The fraction of sp³-hybridized carbons (Fsp3) is 0.500. The molecular weight excluding hydrogens is 298 g/mol. The van der Waals surface area contributed by atoms with E-state index in [0.29, 0.717) is 12.0 Å². The molecule has 1 aliphatic rings. The molecule has 1 heterocycles. The smallest absolute Gasteiger partial charge is 0.146 e. The first-order valence-electron chi connectivity index (χ1n) is 7.59. The average Bonchev–Trinajstić information content (AvgIpc) is 2.76. The van der Waals surface area contributed by atoms with E-state index in [0.717, 1.165) is 42.6 Å². The summed E-state index contributed by atoms with van der Waals surface area (Å²) in [4.78, 5) is 2.21. The standard InChI is InChI=1S/C16H22ClN5/c1-21(9-11-4-3-5-13(17)6-11)10-15-19-20-16(22(15)2)12-7-14(18)8-12/h3-6,12,14H,7-10,18H2,1-2H3. The molecular formula is C16H22ClN5. The van der Waals surface area contributed by atoms with Gasteiger partial charge < -0.3 is 10.3 Å². The third-order valence-electron chi connectivity index (χ3n) is 4.29. The van der Waals surface area contributed by atoms with Crippen LogP contribution in [0.3, 0.4) is 0 Å². The van der Waals surface area contributed by atoms with Crippen molar-refractivity contribution >= 4 is 11.6 Å². The molecule has 0 amide bonds. The van der Waals surface area contributed by atoms with Crippen LogP contribution in [0.1, 0.15) is 36.0 Å². The van der Waals surface area contributed by atoms with Gasteiger partial charge in [-0.1, -0.05) is 23.7 Å². The molecule has 0 spiro atoms. The zero-order valence-corrected chi connectivity index (χ0v) is 13.8. The molecule has 1 aliphatic carbocycles. The summed E-state index contributed by atoms with van der Waals surface area (Å²) in [5, 5.41) is 9.47. The summed E-state index contributed by atoms with van der Waals surface area (Å²) in [6.45, 7) is 1.59. The fourth-order valence-corrected chi connectivity index (χ4v) is 3.20. The number of hydrogen-bond acceptors (Lipinski definition) is 4. The van der Waals surface area contributed by atoms with Gasteiger partial charge in [-0.25, -0.2) is 0 Å². The number of halogens is 1. The maximum absolute atomic E-state index is 6.03. The largest absolute Gasteiger partial charge is 0.328 e. The number of rotatable bonds is 5. The molecule has 0 unspecified atom stereocenters. The van der Waals surface area contributed by atoms with Crippen molar-refractivity contribution in [2.75, 3.05) is 7.05 Å². The third-order valence-corrected chi connectivity index (χ3v) is 4.53. The molecule has 1 fully saturated rings. The van der Waals surface area contributed by atoms with Crippen molar-refractivity contribution in [2.45, 2.75) is 37.9 Å². The van der Waals surface area contributed by atoms with Crippen LogP contribution in [-0.2, 0) is 20.1 Å². The van der Waals surface area contributed by atoms with Gasteiger partial charge in [0.25, 0.3) is 0 Å². The van der Waals surface area contributed by atoms with E-state index >= 15 is 0 Å². The van der Waals surface area contributed by atoms with Crippen LogP contribution >= 0.6 is 11.6 Å². The van der Waals surface area contributed by atoms with E-state index in [1.807, 2.05) is 25.2 Å². The van der Waals surface area contributed by atoms with Crippen LogP contribution in [0.25, 0.3) is 0 Å². The average molecular weight is 320 g/mol. The van der Waals surface area contributed by atoms with Gasteiger partial charge in [-0.3, -0.25) is 4.90 Å². The maximum Gasteiger partial charge on any atom is 0.146 e. The van der Waals surface area contributed by atoms with Gasteiger partial charge in [0.15, 0.2) is 0 Å². The molecule has 6 heteroatoms. The van der Waals surface area contributed by atoms with E-state index in [-0.39, 0.29) is 0 Å². The van der Waals surface area contributed by atoms with Crippen molar-refractivity contribution < 1.29 is 0 Å². The highest BCUT2D eigenvalue weighted by Gasteiger charge is 2.31. The van der Waals surface area contributed by atoms with Crippen LogP contribution in [0.2, 0.25) is 5.02 Å². The molecule has 2 N–H and O–H groups in total. The van der Waals surface area contributed by atoms with Crippen LogP contribution in [0, 0.1) is 0 Å². The number of nitrogens with two attached hydrogens (primary N) is 1. The van der Waals surface area contributed by atoms with Gasteiger partial charge in [0.05, 0.1) is 6.54 Å². The molecule has 2 aromatic rings. The molecule has 0 saturated heterocycles. The Morgan fingerprint density at radius 1 is 1.32 bits per heavy atom. The van der Waals surface area contributed by atoms with E-state index < -0.39 is 0 Å². The Morgan fingerprint density at radius 2 is 2.09 bits per heavy atom. The molecule has 1 saturated carbocycles. The van der Waals surface area contributed by atoms with Crippen molar-refractivity contribution in [2.24, 2.45) is 12.8 Å². The molecule has 0 radical (unpaired) electrons. The number of benzene rings is 1. The summed E-state index contributed by atoms with van der Waals surface area (Å²) in [7, 11) is 4.12. The van der Waals surface area contributed by atoms with Gasteiger partial charge in [-0.15, -0.1) is 10.2 Å². The van der Waals surface area contributed by atoms with E-state index in [1.54, 1.807) is 0 Å². The lowest BCUT2D eigenvalue weighted by molar-refractivity contribution is 0.302. The zero-order chi connectivity index (χ0) is 15.7. The lowest BCUT2D eigenvalue weighted by atomic mass is 9.80. The Morgan fingerprint density at radius 3 is 2.77 bits per heavy atom. The van der Waals surface area contributed by atoms with Crippen LogP contribution in [0.4, 0.5) is 0 Å². The monoisotopic (exact) mass is 319 g/mol. The van der Waals surface area contributed by atoms with Crippen LogP contribution < -0.4 is 5.73 Å². The lowest BCUT2D eigenvalue weighted by Gasteiger charge is -2.31. The first-order valence-corrected chi connectivity index (χ1v) is 7.97. The summed E-state index contributed by atoms with van der Waals surface area (Å²) in [5.74, 6) is 2.52. The SMILES string of the molecule is CN(Cc1cccc(Cl)c1)Cc1nnc(C2CC(N)C2)n1C. The van der Waals surface area contributed by atoms with Crippen molar-refractivity contribution in [3.63, 3.8) is 0 Å². The summed E-state index contributed by atoms with van der Waals surface area (Å²) in [6.07, 6.45) is 2.04. The minimum Gasteiger partial charge on any atom is -0.328 e. The maximum atomic E-state index is 6.03. The fourth-order valence-electron chi connectivity index (χ4n) is 2.99. The summed E-state index contributed by atoms with van der Waals surface area (Å²) in [5.41, 5.74) is 7.06.